The molecular formula is C17H18FN3O5S. The lowest BCUT2D eigenvalue weighted by molar-refractivity contribution is 0.103. The first-order chi connectivity index (χ1) is 12.7. The van der Waals surface area contributed by atoms with Gasteiger partial charge >= 0.3 is 0 Å². The van der Waals surface area contributed by atoms with Crippen LogP contribution in [-0.4, -0.2) is 42.6 Å². The van der Waals surface area contributed by atoms with Crippen LogP contribution in [0.3, 0.4) is 0 Å². The Morgan fingerprint density at radius 1 is 1.41 bits per heavy atom. The first-order valence-corrected chi connectivity index (χ1v) is 9.87. The monoisotopic (exact) mass is 395 g/mol. The lowest BCUT2D eigenvalue weighted by atomic mass is 9.93. The van der Waals surface area contributed by atoms with Gasteiger partial charge in [-0.1, -0.05) is 5.16 Å². The first-order valence-electron chi connectivity index (χ1n) is 8.22. The Balaban J connectivity index is 2.28. The number of nitrogens with zero attached hydrogens (tertiary/aromatic N) is 2. The van der Waals surface area contributed by atoms with Gasteiger partial charge in [-0.3, -0.25) is 14.3 Å². The lowest BCUT2D eigenvalue weighted by Crippen LogP contribution is -2.27. The van der Waals surface area contributed by atoms with Gasteiger partial charge in [0.2, 0.25) is 5.78 Å². The summed E-state index contributed by atoms with van der Waals surface area (Å²) in [6.45, 7) is 3.57. The van der Waals surface area contributed by atoms with Gasteiger partial charge in [0.1, 0.15) is 23.4 Å². The highest BCUT2D eigenvalue weighted by molar-refractivity contribution is 7.91. The van der Waals surface area contributed by atoms with E-state index in [1.807, 2.05) is 0 Å². The highest BCUT2D eigenvalue weighted by Crippen LogP contribution is 2.33. The van der Waals surface area contributed by atoms with E-state index < -0.39 is 31.9 Å². The third-order valence-electron chi connectivity index (χ3n) is 4.55. The number of nitrogens with one attached hydrogen (secondary N) is 1. The molecule has 0 saturated heterocycles. The highest BCUT2D eigenvalue weighted by atomic mass is 32.2. The second-order valence-electron chi connectivity index (χ2n) is 6.09. The molecule has 0 radical (unpaired) electrons. The van der Waals surface area contributed by atoms with Crippen LogP contribution in [-0.2, 0) is 21.2 Å². The molecule has 2 aromatic rings. The van der Waals surface area contributed by atoms with Crippen molar-refractivity contribution in [3.05, 3.63) is 50.7 Å². The number of carbonyl (C=O) groups is 1. The highest BCUT2D eigenvalue weighted by Gasteiger charge is 2.35. The maximum absolute atomic E-state index is 14.8. The molecule has 27 heavy (non-hydrogen) atoms. The molecule has 8 nitrogen and oxygen atoms in total. The van der Waals surface area contributed by atoms with Gasteiger partial charge in [0, 0.05) is 30.3 Å². The summed E-state index contributed by atoms with van der Waals surface area (Å²) in [4.78, 5) is 29.4. The van der Waals surface area contributed by atoms with Gasteiger partial charge in [0.15, 0.2) is 9.84 Å². The number of aromatic amines is 1. The van der Waals surface area contributed by atoms with Crippen molar-refractivity contribution in [3.8, 4) is 0 Å². The average molecular weight is 395 g/mol. The van der Waals surface area contributed by atoms with E-state index in [2.05, 4.69) is 10.3 Å². The molecule has 0 spiro atoms. The Morgan fingerprint density at radius 2 is 2.11 bits per heavy atom. The van der Waals surface area contributed by atoms with Crippen LogP contribution in [0.4, 0.5) is 4.39 Å². The number of aromatic nitrogens is 2. The van der Waals surface area contributed by atoms with Gasteiger partial charge in [0.25, 0.3) is 5.56 Å². The lowest BCUT2D eigenvalue weighted by Gasteiger charge is -2.22. The maximum Gasteiger partial charge on any atom is 0.277 e. The number of carbonyl (C=O) groups excluding carboxylic acids is 1. The quantitative estimate of drug-likeness (QED) is 0.621. The molecule has 0 unspecified atom stereocenters. The van der Waals surface area contributed by atoms with Gasteiger partial charge in [-0.15, -0.1) is 0 Å². The number of benzene rings is 1. The van der Waals surface area contributed by atoms with Crippen molar-refractivity contribution >= 4 is 21.3 Å². The Kier molecular flexibility index (Phi) is 4.77. The molecule has 1 aliphatic heterocycles. The molecular weight excluding hydrogens is 377 g/mol. The average Bonchev–Trinajstić information content (AvgIpc) is 2.99. The van der Waals surface area contributed by atoms with Crippen molar-refractivity contribution in [2.45, 2.75) is 31.7 Å². The van der Waals surface area contributed by atoms with Gasteiger partial charge in [-0.05, 0) is 25.5 Å². The summed E-state index contributed by atoms with van der Waals surface area (Å²) < 4.78 is 40.7. The van der Waals surface area contributed by atoms with E-state index in [1.165, 1.54) is 24.9 Å². The summed E-state index contributed by atoms with van der Waals surface area (Å²) in [5, 5.41) is 6.47. The van der Waals surface area contributed by atoms with Gasteiger partial charge < -0.3 is 9.94 Å². The van der Waals surface area contributed by atoms with Crippen LogP contribution in [0.1, 0.15) is 40.4 Å². The van der Waals surface area contributed by atoms with E-state index in [9.17, 15) is 22.4 Å². The molecule has 0 fully saturated rings. The van der Waals surface area contributed by atoms with Crippen molar-refractivity contribution in [1.29, 1.82) is 0 Å². The van der Waals surface area contributed by atoms with Gasteiger partial charge in [-0.2, -0.15) is 0 Å². The van der Waals surface area contributed by atoms with Gasteiger partial charge in [-0.25, -0.2) is 12.8 Å². The third kappa shape index (κ3) is 2.99. The van der Waals surface area contributed by atoms with Crippen molar-refractivity contribution in [3.63, 3.8) is 0 Å². The van der Waals surface area contributed by atoms with E-state index in [1.54, 1.807) is 6.92 Å². The van der Waals surface area contributed by atoms with Gasteiger partial charge in [0.05, 0.1) is 11.5 Å². The minimum atomic E-state index is -3.86. The fourth-order valence-electron chi connectivity index (χ4n) is 3.22. The number of oxime groups is 1. The van der Waals surface area contributed by atoms with E-state index in [-0.39, 0.29) is 40.1 Å². The Bertz CT molecular complexity index is 1130. The number of ketones is 1. The molecule has 0 bridgehead atoms. The number of hydrogen-bond donors (Lipinski definition) is 1. The fourth-order valence-corrected chi connectivity index (χ4v) is 4.83. The standard InChI is InChI=1S/C17H18FN3O5S/c1-4-21-17(23)11(8-19-21)15(22)10-7-12(18)16-14(9(10)2)13(20-26-3)5-6-27(16,24)25/h7-8,19H,4-6H2,1-3H3. The number of sulfone groups is 1. The molecule has 0 atom stereocenters. The normalized spacial score (nSPS) is 17.0. The largest absolute Gasteiger partial charge is 0.399 e. The topological polar surface area (TPSA) is 111 Å². The Hall–Kier alpha value is -2.75. The van der Waals surface area contributed by atoms with Crippen LogP contribution < -0.4 is 5.56 Å². The van der Waals surface area contributed by atoms with Crippen LogP contribution >= 0.6 is 0 Å². The zero-order chi connectivity index (χ0) is 19.9. The summed E-state index contributed by atoms with van der Waals surface area (Å²) in [7, 11) is -2.56. The molecule has 1 aromatic heterocycles. The molecule has 10 heteroatoms. The summed E-state index contributed by atoms with van der Waals surface area (Å²) in [6, 6.07) is 0.868. The second kappa shape index (κ2) is 6.76. The number of H-pyrrole nitrogens is 1. The SMILES string of the molecule is CCn1[nH]cc(C(=O)c2cc(F)c3c(c2C)C(=NOC)CCS3(=O)=O)c1=O. The Labute approximate surface area is 154 Å². The molecule has 3 rings (SSSR count). The van der Waals surface area contributed by atoms with Crippen molar-refractivity contribution < 1.29 is 22.4 Å². The van der Waals surface area contributed by atoms with E-state index in [0.717, 1.165) is 6.07 Å². The minimum absolute atomic E-state index is 0.0257. The predicted molar refractivity (Wildman–Crippen MR) is 95.5 cm³/mol. The van der Waals surface area contributed by atoms with Crippen LogP contribution in [0.5, 0.6) is 0 Å². The van der Waals surface area contributed by atoms with Crippen LogP contribution in [0.2, 0.25) is 0 Å². The van der Waals surface area contributed by atoms with E-state index in [0.29, 0.717) is 6.54 Å². The number of fused-ring (bicyclic) bond motifs is 1. The molecule has 1 aliphatic rings. The molecule has 144 valence electrons. The maximum atomic E-state index is 14.8. The van der Waals surface area contributed by atoms with Crippen molar-refractivity contribution in [1.82, 2.24) is 9.78 Å². The third-order valence-corrected chi connectivity index (χ3v) is 6.31. The zero-order valence-electron chi connectivity index (χ0n) is 15.0. The van der Waals surface area contributed by atoms with Crippen molar-refractivity contribution in [2.24, 2.45) is 5.16 Å². The minimum Gasteiger partial charge on any atom is -0.399 e. The summed E-state index contributed by atoms with van der Waals surface area (Å²) >= 11 is 0. The van der Waals surface area contributed by atoms with E-state index in [4.69, 9.17) is 4.84 Å². The van der Waals surface area contributed by atoms with Crippen LogP contribution in [0, 0.1) is 12.7 Å². The zero-order valence-corrected chi connectivity index (χ0v) is 15.8. The molecule has 2 heterocycles. The fraction of sp³-hybridized carbons (Fsp3) is 0.353. The summed E-state index contributed by atoms with van der Waals surface area (Å²) in [5.74, 6) is -2.04. The first kappa shape index (κ1) is 19.0. The molecule has 1 N–H and O–H groups in total. The number of halogens is 1. The molecule has 0 aliphatic carbocycles. The van der Waals surface area contributed by atoms with Crippen molar-refractivity contribution in [2.75, 3.05) is 12.9 Å². The second-order valence-corrected chi connectivity index (χ2v) is 8.14. The predicted octanol–water partition coefficient (Wildman–Crippen LogP) is 1.40. The smallest absolute Gasteiger partial charge is 0.277 e. The number of aryl methyl sites for hydroxylation is 1. The number of rotatable bonds is 4. The molecule has 0 saturated carbocycles. The summed E-state index contributed by atoms with van der Waals surface area (Å²) in [6.07, 6.45) is 1.29. The number of hydrogen-bond acceptors (Lipinski definition) is 6. The molecule has 1 aromatic carbocycles. The van der Waals surface area contributed by atoms with Crippen LogP contribution in [0.25, 0.3) is 0 Å². The molecule has 0 amide bonds. The summed E-state index contributed by atoms with van der Waals surface area (Å²) in [5.41, 5.74) is -0.265. The Morgan fingerprint density at radius 3 is 2.70 bits per heavy atom. The van der Waals surface area contributed by atoms with Crippen LogP contribution in [0.15, 0.2) is 27.1 Å². The van der Waals surface area contributed by atoms with E-state index >= 15 is 0 Å².